The van der Waals surface area contributed by atoms with Crippen molar-refractivity contribution in [2.75, 3.05) is 13.7 Å². The fraction of sp³-hybridized carbons (Fsp3) is 0.294. The molecule has 1 amide bonds. The van der Waals surface area contributed by atoms with Gasteiger partial charge in [-0.2, -0.15) is 0 Å². The van der Waals surface area contributed by atoms with Gasteiger partial charge < -0.3 is 19.8 Å². The van der Waals surface area contributed by atoms with Crippen molar-refractivity contribution in [3.05, 3.63) is 53.3 Å². The number of amides is 1. The average Bonchev–Trinajstić information content (AvgIpc) is 2.99. The van der Waals surface area contributed by atoms with E-state index in [4.69, 9.17) is 9.47 Å². The van der Waals surface area contributed by atoms with Crippen LogP contribution in [0.1, 0.15) is 46.5 Å². The molecular weight excluding hydrogens is 296 g/mol. The fourth-order valence-electron chi connectivity index (χ4n) is 2.12. The van der Waals surface area contributed by atoms with Gasteiger partial charge in [-0.3, -0.25) is 4.79 Å². The minimum absolute atomic E-state index is 0.181. The molecule has 2 rings (SSSR count). The van der Waals surface area contributed by atoms with Crippen molar-refractivity contribution in [1.82, 2.24) is 10.3 Å². The highest BCUT2D eigenvalue weighted by Crippen LogP contribution is 2.26. The van der Waals surface area contributed by atoms with Gasteiger partial charge in [-0.1, -0.05) is 30.3 Å². The topological polar surface area (TPSA) is 80.4 Å². The molecule has 0 aliphatic heterocycles. The Hall–Kier alpha value is -2.76. The summed E-state index contributed by atoms with van der Waals surface area (Å²) in [4.78, 5) is 26.6. The standard InChI is InChI=1S/C17H20N2O4/c1-4-22-17(21)13-10-14(15(19-13)16(20)18-3)23-11(2)12-8-6-5-7-9-12/h5-11,19H,4H2,1-3H3,(H,18,20)/t11-/m1/s1. The lowest BCUT2D eigenvalue weighted by Gasteiger charge is -2.14. The van der Waals surface area contributed by atoms with Crippen molar-refractivity contribution in [2.24, 2.45) is 0 Å². The first kappa shape index (κ1) is 16.6. The van der Waals surface area contributed by atoms with Crippen molar-refractivity contribution in [2.45, 2.75) is 20.0 Å². The Morgan fingerprint density at radius 1 is 1.26 bits per heavy atom. The molecule has 0 radical (unpaired) electrons. The molecule has 1 atom stereocenters. The monoisotopic (exact) mass is 316 g/mol. The van der Waals surface area contributed by atoms with E-state index in [1.165, 1.54) is 13.1 Å². The summed E-state index contributed by atoms with van der Waals surface area (Å²) in [7, 11) is 1.51. The first-order chi connectivity index (χ1) is 11.1. The van der Waals surface area contributed by atoms with Gasteiger partial charge in [-0.05, 0) is 19.4 Å². The van der Waals surface area contributed by atoms with Gasteiger partial charge in [0.05, 0.1) is 6.61 Å². The number of aromatic amines is 1. The van der Waals surface area contributed by atoms with E-state index in [1.807, 2.05) is 37.3 Å². The molecule has 0 saturated heterocycles. The van der Waals surface area contributed by atoms with E-state index in [2.05, 4.69) is 10.3 Å². The van der Waals surface area contributed by atoms with Gasteiger partial charge in [0.2, 0.25) is 0 Å². The summed E-state index contributed by atoms with van der Waals surface area (Å²) in [6.07, 6.45) is -0.273. The van der Waals surface area contributed by atoms with E-state index >= 15 is 0 Å². The molecule has 23 heavy (non-hydrogen) atoms. The molecule has 2 aromatic rings. The summed E-state index contributed by atoms with van der Waals surface area (Å²) in [5.74, 6) is -0.584. The SMILES string of the molecule is CCOC(=O)c1cc(O[C@H](C)c2ccccc2)c(C(=O)NC)[nH]1. The maximum absolute atomic E-state index is 12.0. The van der Waals surface area contributed by atoms with Crippen LogP contribution in [0.25, 0.3) is 0 Å². The number of rotatable bonds is 6. The van der Waals surface area contributed by atoms with Gasteiger partial charge >= 0.3 is 5.97 Å². The third kappa shape index (κ3) is 3.91. The zero-order valence-electron chi connectivity index (χ0n) is 13.4. The lowest BCUT2D eigenvalue weighted by Crippen LogP contribution is -2.19. The molecule has 1 heterocycles. The Labute approximate surface area is 134 Å². The van der Waals surface area contributed by atoms with Crippen molar-refractivity contribution in [3.63, 3.8) is 0 Å². The van der Waals surface area contributed by atoms with Crippen LogP contribution in [0.4, 0.5) is 0 Å². The molecule has 6 nitrogen and oxygen atoms in total. The van der Waals surface area contributed by atoms with Gasteiger partial charge in [-0.25, -0.2) is 4.79 Å². The molecule has 0 spiro atoms. The Morgan fingerprint density at radius 3 is 2.57 bits per heavy atom. The van der Waals surface area contributed by atoms with Gasteiger partial charge in [-0.15, -0.1) is 0 Å². The first-order valence-corrected chi connectivity index (χ1v) is 7.40. The fourth-order valence-corrected chi connectivity index (χ4v) is 2.12. The van der Waals surface area contributed by atoms with Crippen molar-refractivity contribution >= 4 is 11.9 Å². The number of carbonyl (C=O) groups excluding carboxylic acids is 2. The number of H-pyrrole nitrogens is 1. The number of esters is 1. The summed E-state index contributed by atoms with van der Waals surface area (Å²) < 4.78 is 10.8. The summed E-state index contributed by atoms with van der Waals surface area (Å²) in [5.41, 5.74) is 1.34. The van der Waals surface area contributed by atoms with Crippen LogP contribution in [0, 0.1) is 0 Å². The highest BCUT2D eigenvalue weighted by Gasteiger charge is 2.21. The van der Waals surface area contributed by atoms with Crippen LogP contribution in [0.2, 0.25) is 0 Å². The first-order valence-electron chi connectivity index (χ1n) is 7.40. The third-order valence-electron chi connectivity index (χ3n) is 3.30. The minimum atomic E-state index is -0.528. The molecule has 1 aromatic carbocycles. The van der Waals surface area contributed by atoms with E-state index < -0.39 is 5.97 Å². The molecule has 122 valence electrons. The highest BCUT2D eigenvalue weighted by atomic mass is 16.5. The predicted octanol–water partition coefficient (Wildman–Crippen LogP) is 2.69. The Kier molecular flexibility index (Phi) is 5.41. The molecule has 1 aromatic heterocycles. The zero-order valence-corrected chi connectivity index (χ0v) is 13.4. The van der Waals surface area contributed by atoms with Crippen LogP contribution >= 0.6 is 0 Å². The van der Waals surface area contributed by atoms with E-state index in [9.17, 15) is 9.59 Å². The number of nitrogens with one attached hydrogen (secondary N) is 2. The molecule has 0 saturated carbocycles. The van der Waals surface area contributed by atoms with E-state index in [-0.39, 0.29) is 30.0 Å². The quantitative estimate of drug-likeness (QED) is 0.803. The van der Waals surface area contributed by atoms with Crippen LogP contribution < -0.4 is 10.1 Å². The smallest absolute Gasteiger partial charge is 0.354 e. The van der Waals surface area contributed by atoms with Gasteiger partial charge in [0.25, 0.3) is 5.91 Å². The summed E-state index contributed by atoms with van der Waals surface area (Å²) in [6.45, 7) is 3.85. The number of hydrogen-bond acceptors (Lipinski definition) is 4. The van der Waals surface area contributed by atoms with Gasteiger partial charge in [0.15, 0.2) is 5.75 Å². The van der Waals surface area contributed by atoms with Crippen molar-refractivity contribution < 1.29 is 19.1 Å². The van der Waals surface area contributed by atoms with Crippen molar-refractivity contribution in [3.8, 4) is 5.75 Å². The molecule has 0 aliphatic rings. The normalized spacial score (nSPS) is 11.6. The van der Waals surface area contributed by atoms with Crippen molar-refractivity contribution in [1.29, 1.82) is 0 Å². The number of hydrogen-bond donors (Lipinski definition) is 2. The second-order valence-corrected chi connectivity index (χ2v) is 4.89. The minimum Gasteiger partial charge on any atom is -0.484 e. The number of benzene rings is 1. The molecule has 0 aliphatic carbocycles. The number of ether oxygens (including phenoxy) is 2. The Bertz CT molecular complexity index is 679. The van der Waals surface area contributed by atoms with E-state index in [0.717, 1.165) is 5.56 Å². The second kappa shape index (κ2) is 7.49. The molecule has 2 N–H and O–H groups in total. The van der Waals surface area contributed by atoms with Crippen LogP contribution in [0.3, 0.4) is 0 Å². The lowest BCUT2D eigenvalue weighted by atomic mass is 10.1. The molecule has 0 unspecified atom stereocenters. The average molecular weight is 316 g/mol. The summed E-state index contributed by atoms with van der Waals surface area (Å²) in [6, 6.07) is 11.1. The molecule has 0 fully saturated rings. The van der Waals surface area contributed by atoms with Crippen LogP contribution in [-0.2, 0) is 4.74 Å². The Morgan fingerprint density at radius 2 is 1.96 bits per heavy atom. The molecule has 0 bridgehead atoms. The largest absolute Gasteiger partial charge is 0.484 e. The number of aromatic nitrogens is 1. The maximum atomic E-state index is 12.0. The van der Waals surface area contributed by atoms with Gasteiger partial charge in [0.1, 0.15) is 17.5 Å². The lowest BCUT2D eigenvalue weighted by molar-refractivity contribution is 0.0520. The van der Waals surface area contributed by atoms with Gasteiger partial charge in [0, 0.05) is 13.1 Å². The Balaban J connectivity index is 2.28. The van der Waals surface area contributed by atoms with E-state index in [0.29, 0.717) is 5.75 Å². The summed E-state index contributed by atoms with van der Waals surface area (Å²) >= 11 is 0. The van der Waals surface area contributed by atoms with Crippen LogP contribution in [0.15, 0.2) is 36.4 Å². The molecule has 6 heteroatoms. The predicted molar refractivity (Wildman–Crippen MR) is 85.6 cm³/mol. The zero-order chi connectivity index (χ0) is 16.8. The van der Waals surface area contributed by atoms with Crippen LogP contribution in [-0.4, -0.2) is 30.5 Å². The number of carbonyl (C=O) groups is 2. The molecular formula is C17H20N2O4. The van der Waals surface area contributed by atoms with Crippen LogP contribution in [0.5, 0.6) is 5.75 Å². The maximum Gasteiger partial charge on any atom is 0.354 e. The summed E-state index contributed by atoms with van der Waals surface area (Å²) in [5, 5.41) is 2.52. The highest BCUT2D eigenvalue weighted by molar-refractivity contribution is 5.98. The third-order valence-corrected chi connectivity index (χ3v) is 3.30. The second-order valence-electron chi connectivity index (χ2n) is 4.89. The van der Waals surface area contributed by atoms with E-state index in [1.54, 1.807) is 6.92 Å².